The highest BCUT2D eigenvalue weighted by Gasteiger charge is 2.34. The van der Waals surface area contributed by atoms with Crippen molar-refractivity contribution in [2.75, 3.05) is 32.8 Å². The Morgan fingerprint density at radius 3 is 2.44 bits per heavy atom. The average molecular weight is 396 g/mol. The number of carbonyl (C=O) groups is 2. The van der Waals surface area contributed by atoms with E-state index in [2.05, 4.69) is 0 Å². The van der Waals surface area contributed by atoms with Crippen LogP contribution in [-0.4, -0.2) is 73.5 Å². The number of hydrogen-bond acceptors (Lipinski definition) is 5. The summed E-state index contributed by atoms with van der Waals surface area (Å²) >= 11 is 0. The molecular weight excluding hydrogens is 372 g/mol. The van der Waals surface area contributed by atoms with Gasteiger partial charge in [0, 0.05) is 25.2 Å². The Kier molecular flexibility index (Phi) is 6.13. The zero-order chi connectivity index (χ0) is 19.4. The third-order valence-corrected chi connectivity index (χ3v) is 6.85. The molecule has 1 unspecified atom stereocenters. The third kappa shape index (κ3) is 4.31. The Labute approximate surface area is 158 Å². The van der Waals surface area contributed by atoms with E-state index in [0.29, 0.717) is 13.1 Å². The molecule has 1 aromatic rings. The van der Waals surface area contributed by atoms with Gasteiger partial charge in [-0.15, -0.1) is 0 Å². The monoisotopic (exact) mass is 396 g/mol. The SMILES string of the molecule is O=C(O)C1COCCN1C(=O)c1cccc(S(=O)(=O)N2CCCCCC2)c1. The number of amides is 1. The molecule has 1 N–H and O–H groups in total. The highest BCUT2D eigenvalue weighted by Crippen LogP contribution is 2.22. The fraction of sp³-hybridized carbons (Fsp3) is 0.556. The molecule has 1 aromatic carbocycles. The normalized spacial score (nSPS) is 22.2. The van der Waals surface area contributed by atoms with Gasteiger partial charge >= 0.3 is 5.97 Å². The number of morpholine rings is 1. The second-order valence-electron chi connectivity index (χ2n) is 6.77. The molecule has 1 atom stereocenters. The third-order valence-electron chi connectivity index (χ3n) is 4.96. The largest absolute Gasteiger partial charge is 0.480 e. The Morgan fingerprint density at radius 2 is 1.78 bits per heavy atom. The maximum absolute atomic E-state index is 13.0. The molecule has 0 radical (unpaired) electrons. The maximum atomic E-state index is 13.0. The van der Waals surface area contributed by atoms with Crippen LogP contribution >= 0.6 is 0 Å². The maximum Gasteiger partial charge on any atom is 0.328 e. The van der Waals surface area contributed by atoms with E-state index < -0.39 is 27.9 Å². The molecule has 3 rings (SSSR count). The Morgan fingerprint density at radius 1 is 1.07 bits per heavy atom. The van der Waals surface area contributed by atoms with Gasteiger partial charge in [-0.3, -0.25) is 4.79 Å². The van der Waals surface area contributed by atoms with E-state index in [4.69, 9.17) is 4.74 Å². The van der Waals surface area contributed by atoms with Crippen LogP contribution in [-0.2, 0) is 19.6 Å². The van der Waals surface area contributed by atoms with Crippen molar-refractivity contribution in [1.29, 1.82) is 0 Å². The molecule has 2 fully saturated rings. The highest BCUT2D eigenvalue weighted by molar-refractivity contribution is 7.89. The van der Waals surface area contributed by atoms with E-state index in [9.17, 15) is 23.1 Å². The lowest BCUT2D eigenvalue weighted by Gasteiger charge is -2.33. The van der Waals surface area contributed by atoms with Gasteiger partial charge in [-0.2, -0.15) is 4.31 Å². The van der Waals surface area contributed by atoms with Crippen LogP contribution in [0.25, 0.3) is 0 Å². The van der Waals surface area contributed by atoms with Gasteiger partial charge in [0.2, 0.25) is 10.0 Å². The zero-order valence-electron chi connectivity index (χ0n) is 15.0. The molecule has 9 heteroatoms. The first-order chi connectivity index (χ1) is 12.9. The van der Waals surface area contributed by atoms with Crippen LogP contribution < -0.4 is 0 Å². The fourth-order valence-electron chi connectivity index (χ4n) is 3.44. The van der Waals surface area contributed by atoms with Gasteiger partial charge in [0.15, 0.2) is 6.04 Å². The summed E-state index contributed by atoms with van der Waals surface area (Å²) in [5.41, 5.74) is 0.166. The summed E-state index contributed by atoms with van der Waals surface area (Å²) in [6, 6.07) is 4.78. The summed E-state index contributed by atoms with van der Waals surface area (Å²) in [5, 5.41) is 9.31. The van der Waals surface area contributed by atoms with Crippen molar-refractivity contribution >= 4 is 21.9 Å². The standard InChI is InChI=1S/C18H24N2O6S/c21-17(20-10-11-26-13-16(20)18(22)23)14-6-5-7-15(12-14)27(24,25)19-8-3-1-2-4-9-19/h5-7,12,16H,1-4,8-11,13H2,(H,22,23). The lowest BCUT2D eigenvalue weighted by molar-refractivity contribution is -0.147. The average Bonchev–Trinajstić information content (AvgIpc) is 2.97. The molecule has 0 spiro atoms. The molecule has 0 aromatic heterocycles. The van der Waals surface area contributed by atoms with Crippen LogP contribution in [0.4, 0.5) is 0 Å². The number of benzene rings is 1. The summed E-state index contributed by atoms with van der Waals surface area (Å²) < 4.78 is 32.5. The van der Waals surface area contributed by atoms with Crippen LogP contribution in [0.5, 0.6) is 0 Å². The van der Waals surface area contributed by atoms with Crippen LogP contribution in [0.2, 0.25) is 0 Å². The van der Waals surface area contributed by atoms with Gasteiger partial charge < -0.3 is 14.7 Å². The Bertz CT molecular complexity index is 802. The van der Waals surface area contributed by atoms with Crippen LogP contribution in [0.15, 0.2) is 29.2 Å². The van der Waals surface area contributed by atoms with E-state index in [1.165, 1.54) is 33.5 Å². The minimum atomic E-state index is -3.68. The van der Waals surface area contributed by atoms with Crippen molar-refractivity contribution in [3.8, 4) is 0 Å². The van der Waals surface area contributed by atoms with Crippen LogP contribution in [0, 0.1) is 0 Å². The van der Waals surface area contributed by atoms with Crippen LogP contribution in [0.3, 0.4) is 0 Å². The minimum absolute atomic E-state index is 0.0652. The van der Waals surface area contributed by atoms with Crippen molar-refractivity contribution < 1.29 is 27.9 Å². The summed E-state index contributed by atoms with van der Waals surface area (Å²) in [5.74, 6) is -1.64. The number of nitrogens with zero attached hydrogens (tertiary/aromatic N) is 2. The summed E-state index contributed by atoms with van der Waals surface area (Å²) in [4.78, 5) is 25.5. The number of carboxylic acids is 1. The number of aliphatic carboxylic acids is 1. The van der Waals surface area contributed by atoms with E-state index in [-0.39, 0.29) is 30.2 Å². The van der Waals surface area contributed by atoms with E-state index in [1.807, 2.05) is 0 Å². The Balaban J connectivity index is 1.86. The first-order valence-electron chi connectivity index (χ1n) is 9.13. The number of rotatable bonds is 4. The molecule has 2 saturated heterocycles. The highest BCUT2D eigenvalue weighted by atomic mass is 32.2. The molecule has 27 heavy (non-hydrogen) atoms. The van der Waals surface area contributed by atoms with Crippen molar-refractivity contribution in [2.24, 2.45) is 0 Å². The molecule has 0 bridgehead atoms. The van der Waals surface area contributed by atoms with E-state index >= 15 is 0 Å². The van der Waals surface area contributed by atoms with Crippen molar-refractivity contribution in [1.82, 2.24) is 9.21 Å². The number of sulfonamides is 1. The lowest BCUT2D eigenvalue weighted by atomic mass is 10.1. The minimum Gasteiger partial charge on any atom is -0.480 e. The molecular formula is C18H24N2O6S. The molecule has 1 amide bonds. The van der Waals surface area contributed by atoms with Gasteiger partial charge in [0.05, 0.1) is 18.1 Å². The topological polar surface area (TPSA) is 104 Å². The molecule has 0 saturated carbocycles. The van der Waals surface area contributed by atoms with Gasteiger partial charge in [-0.1, -0.05) is 18.9 Å². The number of ether oxygens (including phenoxy) is 1. The van der Waals surface area contributed by atoms with Gasteiger partial charge in [0.1, 0.15) is 0 Å². The number of carboxylic acid groups (broad SMARTS) is 1. The summed E-state index contributed by atoms with van der Waals surface area (Å²) in [6.07, 6.45) is 3.67. The molecule has 2 heterocycles. The second kappa shape index (κ2) is 8.37. The van der Waals surface area contributed by atoms with Gasteiger partial charge in [-0.05, 0) is 31.0 Å². The van der Waals surface area contributed by atoms with Gasteiger partial charge in [-0.25, -0.2) is 13.2 Å². The summed E-state index contributed by atoms with van der Waals surface area (Å²) in [7, 11) is -3.68. The predicted molar refractivity (Wildman–Crippen MR) is 96.9 cm³/mol. The van der Waals surface area contributed by atoms with E-state index in [1.54, 1.807) is 0 Å². The Hall–Kier alpha value is -1.97. The van der Waals surface area contributed by atoms with Crippen molar-refractivity contribution in [2.45, 2.75) is 36.6 Å². The number of hydrogen-bond donors (Lipinski definition) is 1. The second-order valence-corrected chi connectivity index (χ2v) is 8.71. The first kappa shape index (κ1) is 19.8. The fourth-order valence-corrected chi connectivity index (χ4v) is 5.00. The predicted octanol–water partition coefficient (Wildman–Crippen LogP) is 1.18. The zero-order valence-corrected chi connectivity index (χ0v) is 15.9. The first-order valence-corrected chi connectivity index (χ1v) is 10.6. The van der Waals surface area contributed by atoms with E-state index in [0.717, 1.165) is 25.7 Å². The molecule has 148 valence electrons. The summed E-state index contributed by atoms with van der Waals surface area (Å²) in [6.45, 7) is 1.28. The molecule has 2 aliphatic heterocycles. The molecule has 0 aliphatic carbocycles. The number of carbonyl (C=O) groups excluding carboxylic acids is 1. The smallest absolute Gasteiger partial charge is 0.328 e. The van der Waals surface area contributed by atoms with Crippen molar-refractivity contribution in [3.63, 3.8) is 0 Å². The molecule has 8 nitrogen and oxygen atoms in total. The van der Waals surface area contributed by atoms with Crippen molar-refractivity contribution in [3.05, 3.63) is 29.8 Å². The quantitative estimate of drug-likeness (QED) is 0.819. The lowest BCUT2D eigenvalue weighted by Crippen LogP contribution is -2.52. The molecule has 2 aliphatic rings. The van der Waals surface area contributed by atoms with Gasteiger partial charge in [0.25, 0.3) is 5.91 Å². The van der Waals surface area contributed by atoms with Crippen LogP contribution in [0.1, 0.15) is 36.0 Å².